The predicted molar refractivity (Wildman–Crippen MR) is 280 cm³/mol. The van der Waals surface area contributed by atoms with E-state index in [4.69, 9.17) is 10.8 Å². The summed E-state index contributed by atoms with van der Waals surface area (Å²) in [5, 5.41) is 11.4. The summed E-state index contributed by atoms with van der Waals surface area (Å²) in [6, 6.07) is 1.58. The maximum atomic E-state index is 8.06. The SMILES string of the molecule is C.CC(C)C.CC(C)C.CC(C)CC(C)C.CC(C)N.CC(C)NC(C)C.CC(C)O.CCC.CCC.CCC.CCC.CCC.CCC.CCC.CCC. The van der Waals surface area contributed by atoms with Crippen LogP contribution in [0.3, 0.4) is 0 Å². The van der Waals surface area contributed by atoms with Gasteiger partial charge in [0.15, 0.2) is 0 Å². The Morgan fingerprint density at radius 3 is 0.418 bits per heavy atom. The molecule has 0 aromatic rings. The van der Waals surface area contributed by atoms with E-state index < -0.39 is 0 Å². The minimum absolute atomic E-state index is 0. The predicted octanol–water partition coefficient (Wildman–Crippen LogP) is 20.1. The molecule has 0 aliphatic rings. The molecule has 0 unspecified atom stereocenters. The summed E-state index contributed by atoms with van der Waals surface area (Å²) in [6.07, 6.45) is 11.2. The molecular formula is C52H136N2O. The summed E-state index contributed by atoms with van der Waals surface area (Å²) in [5.41, 5.74) is 5.11. The van der Waals surface area contributed by atoms with Crippen LogP contribution in [0.4, 0.5) is 0 Å². The van der Waals surface area contributed by atoms with Crippen molar-refractivity contribution in [3.63, 3.8) is 0 Å². The second-order valence-electron chi connectivity index (χ2n) is 17.0. The largest absolute Gasteiger partial charge is 0.394 e. The first-order valence-electron chi connectivity index (χ1n) is 23.7. The summed E-state index contributed by atoms with van der Waals surface area (Å²) < 4.78 is 0. The van der Waals surface area contributed by atoms with E-state index in [2.05, 4.69) is 213 Å². The third-order valence-corrected chi connectivity index (χ3v) is 1.61. The van der Waals surface area contributed by atoms with Crippen molar-refractivity contribution in [2.45, 2.75) is 325 Å². The average molecular weight is 806 g/mol. The van der Waals surface area contributed by atoms with Crippen LogP contribution in [0.5, 0.6) is 0 Å². The monoisotopic (exact) mass is 805 g/mol. The highest BCUT2D eigenvalue weighted by atomic mass is 16.3. The van der Waals surface area contributed by atoms with Gasteiger partial charge in [-0.1, -0.05) is 280 Å². The van der Waals surface area contributed by atoms with Crippen molar-refractivity contribution in [2.24, 2.45) is 29.4 Å². The zero-order valence-corrected chi connectivity index (χ0v) is 46.5. The fourth-order valence-electron chi connectivity index (χ4n) is 1.61. The van der Waals surface area contributed by atoms with Crippen LogP contribution >= 0.6 is 0 Å². The molecule has 0 saturated carbocycles. The van der Waals surface area contributed by atoms with Gasteiger partial charge in [0.05, 0.1) is 0 Å². The van der Waals surface area contributed by atoms with E-state index in [0.717, 1.165) is 23.7 Å². The maximum absolute atomic E-state index is 8.06. The molecule has 0 aliphatic heterocycles. The molecule has 55 heavy (non-hydrogen) atoms. The van der Waals surface area contributed by atoms with Crippen molar-refractivity contribution in [1.29, 1.82) is 0 Å². The number of aliphatic hydroxyl groups is 1. The van der Waals surface area contributed by atoms with Crippen molar-refractivity contribution in [2.75, 3.05) is 0 Å². The molecule has 0 aromatic heterocycles. The highest BCUT2D eigenvalue weighted by Gasteiger charge is 1.95. The Kier molecular flexibility index (Phi) is 239. The highest BCUT2D eigenvalue weighted by molar-refractivity contribution is 4.55. The minimum atomic E-state index is -0.167. The lowest BCUT2D eigenvalue weighted by Gasteiger charge is -2.10. The van der Waals surface area contributed by atoms with E-state index in [0.29, 0.717) is 18.1 Å². The van der Waals surface area contributed by atoms with Crippen LogP contribution in [0, 0.1) is 23.7 Å². The third-order valence-electron chi connectivity index (χ3n) is 1.61. The molecule has 0 spiro atoms. The molecule has 3 heteroatoms. The minimum Gasteiger partial charge on any atom is -0.394 e. The van der Waals surface area contributed by atoms with E-state index in [9.17, 15) is 0 Å². The Labute approximate surface area is 363 Å². The molecule has 0 atom stereocenters. The average Bonchev–Trinajstić information content (AvgIpc) is 2.90. The molecule has 4 N–H and O–H groups in total. The van der Waals surface area contributed by atoms with Crippen molar-refractivity contribution in [3.8, 4) is 0 Å². The number of aliphatic hydroxyl groups excluding tert-OH is 1. The summed E-state index contributed by atoms with van der Waals surface area (Å²) in [6.45, 7) is 72.0. The molecule has 3 nitrogen and oxygen atoms in total. The Morgan fingerprint density at radius 2 is 0.418 bits per heavy atom. The van der Waals surface area contributed by atoms with Crippen LogP contribution in [0.25, 0.3) is 0 Å². The number of hydrogen-bond donors (Lipinski definition) is 3. The molecule has 0 amide bonds. The lowest BCUT2D eigenvalue weighted by atomic mass is 10.0. The molecule has 0 bridgehead atoms. The number of hydrogen-bond acceptors (Lipinski definition) is 3. The van der Waals surface area contributed by atoms with Gasteiger partial charge in [-0.25, -0.2) is 0 Å². The van der Waals surface area contributed by atoms with Gasteiger partial charge in [-0.05, 0) is 50.0 Å². The van der Waals surface area contributed by atoms with Crippen LogP contribution < -0.4 is 11.1 Å². The van der Waals surface area contributed by atoms with Gasteiger partial charge in [-0.3, -0.25) is 0 Å². The van der Waals surface area contributed by atoms with E-state index in [1.165, 1.54) is 57.8 Å². The Balaban J connectivity index is -0.0000000244. The number of rotatable bonds is 4. The Morgan fingerprint density at radius 1 is 0.345 bits per heavy atom. The van der Waals surface area contributed by atoms with Crippen LogP contribution in [0.2, 0.25) is 0 Å². The second kappa shape index (κ2) is 131. The van der Waals surface area contributed by atoms with Gasteiger partial charge in [0, 0.05) is 18.2 Å². The van der Waals surface area contributed by atoms with Gasteiger partial charge in [0.2, 0.25) is 0 Å². The van der Waals surface area contributed by atoms with E-state index in [1.54, 1.807) is 13.8 Å². The molecule has 360 valence electrons. The molecule has 0 aromatic carbocycles. The number of nitrogens with two attached hydrogens (primary N) is 1. The van der Waals surface area contributed by atoms with Gasteiger partial charge in [0.25, 0.3) is 0 Å². The van der Waals surface area contributed by atoms with Crippen molar-refractivity contribution < 1.29 is 5.11 Å². The van der Waals surface area contributed by atoms with Crippen LogP contribution in [0.1, 0.15) is 301 Å². The standard InChI is InChI=1S/C7H16.C6H15N.2C4H10.C3H9N.C3H8O.8C3H8.CH4/c1-6(2)5-7(3)4;1-5(2)7-6(3)4;2*1-4(2)3;2*1-3(2)4;8*1-3-2;/h6-7H,5H2,1-4H3;5-7H,1-4H3;2*4H,1-3H3;3H,4H2,1-2H3;3-4H,1-2H3;8*3H2,1-2H3;1H4. The fourth-order valence-corrected chi connectivity index (χ4v) is 1.61. The lowest BCUT2D eigenvalue weighted by molar-refractivity contribution is 0.216. The smallest absolute Gasteiger partial charge is 0.0483 e. The molecule has 0 saturated heterocycles. The van der Waals surface area contributed by atoms with E-state index in [1.807, 2.05) is 13.8 Å². The zero-order chi connectivity index (χ0) is 47.7. The van der Waals surface area contributed by atoms with Gasteiger partial charge >= 0.3 is 0 Å². The van der Waals surface area contributed by atoms with Gasteiger partial charge in [-0.15, -0.1) is 0 Å². The molecule has 0 aliphatic carbocycles. The first-order valence-corrected chi connectivity index (χ1v) is 23.7. The van der Waals surface area contributed by atoms with Crippen molar-refractivity contribution >= 4 is 0 Å². The van der Waals surface area contributed by atoms with Crippen LogP contribution in [-0.2, 0) is 0 Å². The zero-order valence-electron chi connectivity index (χ0n) is 46.5. The summed E-state index contributed by atoms with van der Waals surface area (Å²) in [5.74, 6) is 3.42. The van der Waals surface area contributed by atoms with Gasteiger partial charge in [-0.2, -0.15) is 0 Å². The lowest BCUT2D eigenvalue weighted by Crippen LogP contribution is -2.29. The third kappa shape index (κ3) is 2340. The molecule has 0 heterocycles. The topological polar surface area (TPSA) is 58.3 Å². The highest BCUT2D eigenvalue weighted by Crippen LogP contribution is 2.08. The van der Waals surface area contributed by atoms with Crippen LogP contribution in [0.15, 0.2) is 0 Å². The maximum Gasteiger partial charge on any atom is 0.0483 e. The molecule has 0 fully saturated rings. The summed E-state index contributed by atoms with van der Waals surface area (Å²) in [4.78, 5) is 0. The first kappa shape index (κ1) is 100. The van der Waals surface area contributed by atoms with Crippen molar-refractivity contribution in [1.82, 2.24) is 5.32 Å². The summed E-state index contributed by atoms with van der Waals surface area (Å²) in [7, 11) is 0. The Bertz CT molecular complexity index is 264. The number of nitrogens with one attached hydrogen (secondary N) is 1. The molecule has 0 radical (unpaired) electrons. The molecular weight excluding hydrogens is 669 g/mol. The van der Waals surface area contributed by atoms with Crippen molar-refractivity contribution in [3.05, 3.63) is 0 Å². The quantitative estimate of drug-likeness (QED) is 0.265. The second-order valence-corrected chi connectivity index (χ2v) is 17.0. The van der Waals surface area contributed by atoms with E-state index in [-0.39, 0.29) is 13.5 Å². The van der Waals surface area contributed by atoms with Gasteiger partial charge < -0.3 is 16.2 Å². The van der Waals surface area contributed by atoms with Gasteiger partial charge in [0.1, 0.15) is 0 Å². The normalized spacial score (nSPS) is 8.07. The molecule has 0 rings (SSSR count). The Hall–Kier alpha value is -0.120. The summed E-state index contributed by atoms with van der Waals surface area (Å²) >= 11 is 0. The fraction of sp³-hybridized carbons (Fsp3) is 1.00. The van der Waals surface area contributed by atoms with Crippen LogP contribution in [-0.4, -0.2) is 29.3 Å². The van der Waals surface area contributed by atoms with E-state index >= 15 is 0 Å². The first-order chi connectivity index (χ1) is 24.5.